The van der Waals surface area contributed by atoms with Gasteiger partial charge in [0.1, 0.15) is 0 Å². The van der Waals surface area contributed by atoms with Crippen LogP contribution in [0, 0.1) is 5.41 Å². The molecule has 2 bridgehead atoms. The molecule has 2 aliphatic rings. The number of nitrogens with zero attached hydrogens (tertiary/aromatic N) is 2. The number of rotatable bonds is 4. The molecular weight excluding hydrogens is 270 g/mol. The second kappa shape index (κ2) is 5.16. The van der Waals surface area contributed by atoms with E-state index < -0.39 is 5.41 Å². The first-order chi connectivity index (χ1) is 10.1. The summed E-state index contributed by atoms with van der Waals surface area (Å²) in [6, 6.07) is 0.0566. The van der Waals surface area contributed by atoms with Crippen molar-refractivity contribution in [3.8, 4) is 0 Å². The number of imidazole rings is 1. The van der Waals surface area contributed by atoms with Gasteiger partial charge in [0.2, 0.25) is 0 Å². The van der Waals surface area contributed by atoms with Crippen molar-refractivity contribution in [2.45, 2.75) is 51.6 Å². The van der Waals surface area contributed by atoms with Gasteiger partial charge in [0, 0.05) is 24.5 Å². The molecule has 2 aliphatic heterocycles. The van der Waals surface area contributed by atoms with E-state index in [4.69, 9.17) is 4.74 Å². The number of hydrogen-bond acceptors (Lipinski definition) is 4. The fourth-order valence-electron chi connectivity index (χ4n) is 4.01. The van der Waals surface area contributed by atoms with Gasteiger partial charge in [0.25, 0.3) is 5.91 Å². The minimum atomic E-state index is -0.540. The maximum Gasteiger partial charge on any atom is 0.314 e. The minimum absolute atomic E-state index is 0.0656. The lowest BCUT2D eigenvalue weighted by Gasteiger charge is -2.33. The number of ether oxygens (including phenoxy) is 1. The summed E-state index contributed by atoms with van der Waals surface area (Å²) >= 11 is 0. The molecule has 6 heteroatoms. The standard InChI is InChI=1S/C15H21N3O3/c1-3-15(14(20)21-4-2)9-10-5-6-11(15)18(10)13(19)12-16-7-8-17-12/h7-8,10-11H,3-6,9H2,1-2H3,(H,16,17)/t10-,11+,15+/m1/s1. The van der Waals surface area contributed by atoms with Crippen molar-refractivity contribution >= 4 is 11.9 Å². The Balaban J connectivity index is 1.89. The van der Waals surface area contributed by atoms with Gasteiger partial charge in [0.15, 0.2) is 5.82 Å². The molecule has 1 aromatic rings. The molecule has 0 aliphatic carbocycles. The van der Waals surface area contributed by atoms with Gasteiger partial charge in [-0.1, -0.05) is 6.92 Å². The van der Waals surface area contributed by atoms with Crippen LogP contribution in [0.3, 0.4) is 0 Å². The van der Waals surface area contributed by atoms with E-state index in [1.54, 1.807) is 12.4 Å². The number of aromatic amines is 1. The van der Waals surface area contributed by atoms with E-state index in [0.717, 1.165) is 12.8 Å². The van der Waals surface area contributed by atoms with Crippen molar-refractivity contribution in [1.82, 2.24) is 14.9 Å². The van der Waals surface area contributed by atoms with E-state index in [-0.39, 0.29) is 24.0 Å². The van der Waals surface area contributed by atoms with E-state index in [9.17, 15) is 9.59 Å². The van der Waals surface area contributed by atoms with Crippen LogP contribution in [0.25, 0.3) is 0 Å². The molecule has 0 spiro atoms. The van der Waals surface area contributed by atoms with Crippen molar-refractivity contribution in [3.05, 3.63) is 18.2 Å². The molecule has 21 heavy (non-hydrogen) atoms. The van der Waals surface area contributed by atoms with E-state index in [2.05, 4.69) is 9.97 Å². The summed E-state index contributed by atoms with van der Waals surface area (Å²) in [5.74, 6) is 0.0896. The molecule has 3 rings (SSSR count). The summed E-state index contributed by atoms with van der Waals surface area (Å²) < 4.78 is 5.29. The Labute approximate surface area is 123 Å². The lowest BCUT2D eigenvalue weighted by molar-refractivity contribution is -0.157. The van der Waals surface area contributed by atoms with Gasteiger partial charge in [-0.05, 0) is 32.6 Å². The van der Waals surface area contributed by atoms with Gasteiger partial charge in [0.05, 0.1) is 12.0 Å². The lowest BCUT2D eigenvalue weighted by atomic mass is 9.72. The van der Waals surface area contributed by atoms with Gasteiger partial charge >= 0.3 is 5.97 Å². The maximum atomic E-state index is 12.6. The second-order valence-electron chi connectivity index (χ2n) is 5.83. The van der Waals surface area contributed by atoms with Gasteiger partial charge < -0.3 is 14.6 Å². The fraction of sp³-hybridized carbons (Fsp3) is 0.667. The lowest BCUT2D eigenvalue weighted by Crippen LogP contribution is -2.45. The molecule has 1 amide bonds. The summed E-state index contributed by atoms with van der Waals surface area (Å²) in [6.45, 7) is 4.21. The number of carbonyl (C=O) groups is 2. The highest BCUT2D eigenvalue weighted by Gasteiger charge is 2.61. The van der Waals surface area contributed by atoms with Crippen molar-refractivity contribution in [1.29, 1.82) is 0 Å². The molecule has 2 saturated heterocycles. The number of fused-ring (bicyclic) bond motifs is 2. The number of nitrogens with one attached hydrogen (secondary N) is 1. The quantitative estimate of drug-likeness (QED) is 0.857. The van der Waals surface area contributed by atoms with Gasteiger partial charge in [-0.3, -0.25) is 9.59 Å². The number of aromatic nitrogens is 2. The van der Waals surface area contributed by atoms with Crippen LogP contribution in [0.4, 0.5) is 0 Å². The molecule has 3 atom stereocenters. The summed E-state index contributed by atoms with van der Waals surface area (Å²) in [6.07, 6.45) is 6.45. The first kappa shape index (κ1) is 14.1. The molecule has 2 fully saturated rings. The van der Waals surface area contributed by atoms with Crippen LogP contribution < -0.4 is 0 Å². The smallest absolute Gasteiger partial charge is 0.314 e. The highest BCUT2D eigenvalue weighted by atomic mass is 16.5. The number of amides is 1. The highest BCUT2D eigenvalue weighted by Crippen LogP contribution is 2.52. The van der Waals surface area contributed by atoms with E-state index in [0.29, 0.717) is 25.3 Å². The normalized spacial score (nSPS) is 30.7. The third kappa shape index (κ3) is 1.96. The topological polar surface area (TPSA) is 75.3 Å². The molecule has 6 nitrogen and oxygen atoms in total. The zero-order valence-electron chi connectivity index (χ0n) is 12.5. The highest BCUT2D eigenvalue weighted by molar-refractivity contribution is 5.93. The summed E-state index contributed by atoms with van der Waals surface area (Å²) in [5, 5.41) is 0. The number of carbonyl (C=O) groups excluding carboxylic acids is 2. The number of hydrogen-bond donors (Lipinski definition) is 1. The zero-order chi connectivity index (χ0) is 15.0. The Morgan fingerprint density at radius 2 is 2.29 bits per heavy atom. The molecule has 1 N–H and O–H groups in total. The molecule has 0 radical (unpaired) electrons. The van der Waals surface area contributed by atoms with Crippen LogP contribution in [0.15, 0.2) is 12.4 Å². The molecule has 3 heterocycles. The van der Waals surface area contributed by atoms with Crippen LogP contribution in [-0.2, 0) is 9.53 Å². The Morgan fingerprint density at radius 1 is 1.48 bits per heavy atom. The van der Waals surface area contributed by atoms with Crippen molar-refractivity contribution in [2.24, 2.45) is 5.41 Å². The van der Waals surface area contributed by atoms with Crippen LogP contribution in [0.1, 0.15) is 50.1 Å². The number of esters is 1. The Kier molecular flexibility index (Phi) is 3.47. The predicted molar refractivity (Wildman–Crippen MR) is 75.5 cm³/mol. The fourth-order valence-corrected chi connectivity index (χ4v) is 4.01. The van der Waals surface area contributed by atoms with Gasteiger partial charge in [-0.15, -0.1) is 0 Å². The summed E-state index contributed by atoms with van der Waals surface area (Å²) in [7, 11) is 0. The van der Waals surface area contributed by atoms with Crippen LogP contribution in [0.5, 0.6) is 0 Å². The van der Waals surface area contributed by atoms with Crippen molar-refractivity contribution in [2.75, 3.05) is 6.61 Å². The van der Waals surface area contributed by atoms with E-state index >= 15 is 0 Å². The molecular formula is C15H21N3O3. The first-order valence-corrected chi connectivity index (χ1v) is 7.63. The van der Waals surface area contributed by atoms with Crippen LogP contribution >= 0.6 is 0 Å². The Bertz CT molecular complexity index is 542. The average Bonchev–Trinajstić information content (AvgIpc) is 3.21. The predicted octanol–water partition coefficient (Wildman–Crippen LogP) is 1.75. The monoisotopic (exact) mass is 291 g/mol. The van der Waals surface area contributed by atoms with Crippen molar-refractivity contribution < 1.29 is 14.3 Å². The summed E-state index contributed by atoms with van der Waals surface area (Å²) in [5.41, 5.74) is -0.540. The molecule has 114 valence electrons. The summed E-state index contributed by atoms with van der Waals surface area (Å²) in [4.78, 5) is 33.9. The van der Waals surface area contributed by atoms with E-state index in [1.165, 1.54) is 0 Å². The second-order valence-corrected chi connectivity index (χ2v) is 5.83. The number of H-pyrrole nitrogens is 1. The van der Waals surface area contributed by atoms with Crippen molar-refractivity contribution in [3.63, 3.8) is 0 Å². The van der Waals surface area contributed by atoms with Crippen LogP contribution in [0.2, 0.25) is 0 Å². The SMILES string of the molecule is CCOC(=O)[C@@]1(CC)C[C@H]2CC[C@@H]1N2C(=O)c1ncc[nH]1. The largest absolute Gasteiger partial charge is 0.466 e. The van der Waals surface area contributed by atoms with Crippen LogP contribution in [-0.4, -0.2) is 45.4 Å². The Morgan fingerprint density at radius 3 is 2.90 bits per heavy atom. The third-order valence-electron chi connectivity index (χ3n) is 4.99. The van der Waals surface area contributed by atoms with Gasteiger partial charge in [-0.2, -0.15) is 0 Å². The van der Waals surface area contributed by atoms with Gasteiger partial charge in [-0.25, -0.2) is 4.98 Å². The molecule has 0 saturated carbocycles. The van der Waals surface area contributed by atoms with E-state index in [1.807, 2.05) is 18.7 Å². The zero-order valence-corrected chi connectivity index (χ0v) is 12.5. The molecule has 0 aromatic carbocycles. The average molecular weight is 291 g/mol. The molecule has 1 aromatic heterocycles. The first-order valence-electron chi connectivity index (χ1n) is 7.63. The third-order valence-corrected chi connectivity index (χ3v) is 4.99. The molecule has 0 unspecified atom stereocenters. The minimum Gasteiger partial charge on any atom is -0.466 e. The Hall–Kier alpha value is -1.85. The maximum absolute atomic E-state index is 12.6.